The number of carboxylic acid groups (broad SMARTS) is 1. The van der Waals surface area contributed by atoms with Crippen LogP contribution in [0.15, 0.2) is 48.5 Å². The van der Waals surface area contributed by atoms with Crippen molar-refractivity contribution in [3.8, 4) is 23.5 Å². The average Bonchev–Trinajstić information content (AvgIpc) is 3.10. The highest BCUT2D eigenvalue weighted by atomic mass is 16.5. The van der Waals surface area contributed by atoms with E-state index >= 15 is 0 Å². The summed E-state index contributed by atoms with van der Waals surface area (Å²) in [6.45, 7) is 0.253. The summed E-state index contributed by atoms with van der Waals surface area (Å²) in [6.07, 6.45) is 4.26. The van der Waals surface area contributed by atoms with Gasteiger partial charge in [0.25, 0.3) is 0 Å². The number of nitrogens with zero attached hydrogens (tertiary/aromatic N) is 1. The molecule has 0 bridgehead atoms. The number of fused-ring (bicyclic) bond motifs is 3. The second kappa shape index (κ2) is 10.7. The number of hydrogen-bond donors (Lipinski definition) is 3. The number of terminal acetylenes is 1. The van der Waals surface area contributed by atoms with Crippen molar-refractivity contribution in [2.75, 3.05) is 27.2 Å². The maximum atomic E-state index is 12.7. The number of alkyl carbamates (subject to hydrolysis) is 1. The first-order valence-electron chi connectivity index (χ1n) is 10.5. The van der Waals surface area contributed by atoms with Crippen LogP contribution < -0.4 is 10.6 Å². The third kappa shape index (κ3) is 5.70. The standard InChI is InChI=1S/C25H27N3O5/c1-4-9-21(24(30)31)26-23(29)22(14-28(2)3)27-25(32)33-15-20-18-12-7-5-10-16(18)17-11-6-8-13-19(17)20/h1,5-8,10-13,20-22H,9,14-15H2,2-3H3,(H,26,29)(H,27,32)(H,30,31). The van der Waals surface area contributed by atoms with E-state index in [2.05, 4.69) is 16.6 Å². The van der Waals surface area contributed by atoms with Gasteiger partial charge in [0.2, 0.25) is 5.91 Å². The van der Waals surface area contributed by atoms with Gasteiger partial charge in [0.15, 0.2) is 0 Å². The van der Waals surface area contributed by atoms with E-state index in [1.54, 1.807) is 19.0 Å². The third-order valence-electron chi connectivity index (χ3n) is 5.44. The number of hydrogen-bond acceptors (Lipinski definition) is 5. The van der Waals surface area contributed by atoms with Gasteiger partial charge in [-0.05, 0) is 36.3 Å². The van der Waals surface area contributed by atoms with Crippen LogP contribution in [0.2, 0.25) is 0 Å². The Balaban J connectivity index is 1.67. The highest BCUT2D eigenvalue weighted by Crippen LogP contribution is 2.44. The summed E-state index contributed by atoms with van der Waals surface area (Å²) >= 11 is 0. The van der Waals surface area contributed by atoms with Gasteiger partial charge in [-0.3, -0.25) is 4.79 Å². The number of amides is 2. The van der Waals surface area contributed by atoms with Gasteiger partial charge in [0, 0.05) is 18.9 Å². The molecule has 0 aromatic heterocycles. The van der Waals surface area contributed by atoms with E-state index in [1.165, 1.54) is 0 Å². The summed E-state index contributed by atoms with van der Waals surface area (Å²) in [6, 6.07) is 13.7. The van der Waals surface area contributed by atoms with Crippen molar-refractivity contribution in [3.63, 3.8) is 0 Å². The van der Waals surface area contributed by atoms with Crippen molar-refractivity contribution in [1.82, 2.24) is 15.5 Å². The first-order chi connectivity index (χ1) is 15.8. The predicted molar refractivity (Wildman–Crippen MR) is 124 cm³/mol. The molecule has 33 heavy (non-hydrogen) atoms. The lowest BCUT2D eigenvalue weighted by molar-refractivity contribution is -0.142. The second-order valence-corrected chi connectivity index (χ2v) is 8.09. The van der Waals surface area contributed by atoms with Gasteiger partial charge in [0.05, 0.1) is 0 Å². The second-order valence-electron chi connectivity index (χ2n) is 8.09. The number of aliphatic carboxylic acids is 1. The normalized spacial score (nSPS) is 13.9. The predicted octanol–water partition coefficient (Wildman–Crippen LogP) is 2.05. The largest absolute Gasteiger partial charge is 0.480 e. The van der Waals surface area contributed by atoms with Crippen LogP contribution in [0.3, 0.4) is 0 Å². The van der Waals surface area contributed by atoms with Gasteiger partial charge < -0.3 is 25.4 Å². The summed E-state index contributed by atoms with van der Waals surface area (Å²) in [7, 11) is 3.46. The van der Waals surface area contributed by atoms with Crippen LogP contribution in [-0.4, -0.2) is 67.3 Å². The van der Waals surface area contributed by atoms with Crippen LogP contribution in [0.4, 0.5) is 4.79 Å². The van der Waals surface area contributed by atoms with E-state index in [4.69, 9.17) is 11.2 Å². The zero-order valence-corrected chi connectivity index (χ0v) is 18.6. The van der Waals surface area contributed by atoms with Crippen LogP contribution in [-0.2, 0) is 14.3 Å². The van der Waals surface area contributed by atoms with Crippen molar-refractivity contribution in [1.29, 1.82) is 0 Å². The minimum Gasteiger partial charge on any atom is -0.480 e. The van der Waals surface area contributed by atoms with E-state index in [1.807, 2.05) is 48.5 Å². The van der Waals surface area contributed by atoms with Gasteiger partial charge in [-0.15, -0.1) is 12.3 Å². The quantitative estimate of drug-likeness (QED) is 0.506. The lowest BCUT2D eigenvalue weighted by Crippen LogP contribution is -2.55. The van der Waals surface area contributed by atoms with Crippen molar-refractivity contribution >= 4 is 18.0 Å². The first-order valence-corrected chi connectivity index (χ1v) is 10.5. The highest BCUT2D eigenvalue weighted by molar-refractivity contribution is 5.89. The number of carbonyl (C=O) groups is 3. The lowest BCUT2D eigenvalue weighted by Gasteiger charge is -2.23. The number of nitrogens with one attached hydrogen (secondary N) is 2. The highest BCUT2D eigenvalue weighted by Gasteiger charge is 2.30. The monoisotopic (exact) mass is 449 g/mol. The van der Waals surface area contributed by atoms with Crippen LogP contribution >= 0.6 is 0 Å². The summed E-state index contributed by atoms with van der Waals surface area (Å²) in [4.78, 5) is 38.2. The SMILES string of the molecule is C#CCC(NC(=O)C(CN(C)C)NC(=O)OCC1c2ccccc2-c2ccccc21)C(=O)O. The van der Waals surface area contributed by atoms with E-state index < -0.39 is 30.1 Å². The molecular formula is C25H27N3O5. The molecule has 172 valence electrons. The van der Waals surface area contributed by atoms with Gasteiger partial charge in [-0.1, -0.05) is 48.5 Å². The van der Waals surface area contributed by atoms with Gasteiger partial charge >= 0.3 is 12.1 Å². The summed E-state index contributed by atoms with van der Waals surface area (Å²) in [5.41, 5.74) is 4.38. The lowest BCUT2D eigenvalue weighted by atomic mass is 9.98. The molecule has 2 unspecified atom stereocenters. The van der Waals surface area contributed by atoms with Crippen LogP contribution in [0.1, 0.15) is 23.5 Å². The molecule has 0 radical (unpaired) electrons. The zero-order chi connectivity index (χ0) is 24.0. The molecule has 0 aliphatic heterocycles. The van der Waals surface area contributed by atoms with Gasteiger partial charge in [-0.25, -0.2) is 9.59 Å². The minimum atomic E-state index is -1.24. The molecule has 2 aromatic carbocycles. The van der Waals surface area contributed by atoms with E-state index in [-0.39, 0.29) is 25.5 Å². The van der Waals surface area contributed by atoms with Gasteiger partial charge in [0.1, 0.15) is 18.7 Å². The Hall–Kier alpha value is -3.83. The summed E-state index contributed by atoms with van der Waals surface area (Å²) in [5.74, 6) is 0.213. The topological polar surface area (TPSA) is 108 Å². The number of rotatable bonds is 9. The van der Waals surface area contributed by atoms with Crippen molar-refractivity contribution in [2.45, 2.75) is 24.4 Å². The molecule has 1 aliphatic rings. The number of likely N-dealkylation sites (N-methyl/N-ethyl adjacent to an activating group) is 1. The van der Waals surface area contributed by atoms with E-state index in [9.17, 15) is 19.5 Å². The molecule has 1 aliphatic carbocycles. The fourth-order valence-electron chi connectivity index (χ4n) is 3.93. The number of carbonyl (C=O) groups excluding carboxylic acids is 2. The molecule has 0 fully saturated rings. The molecule has 2 atom stereocenters. The van der Waals surface area contributed by atoms with E-state index in [0.29, 0.717) is 0 Å². The Labute approximate surface area is 192 Å². The molecule has 0 saturated carbocycles. The Kier molecular flexibility index (Phi) is 7.70. The van der Waals surface area contributed by atoms with Crippen molar-refractivity contribution < 1.29 is 24.2 Å². The number of carboxylic acids is 1. The molecular weight excluding hydrogens is 422 g/mol. The maximum Gasteiger partial charge on any atom is 0.407 e. The summed E-state index contributed by atoms with van der Waals surface area (Å²) < 4.78 is 5.50. The Morgan fingerprint density at radius 2 is 1.61 bits per heavy atom. The zero-order valence-electron chi connectivity index (χ0n) is 18.6. The molecule has 3 rings (SSSR count). The van der Waals surface area contributed by atoms with Crippen molar-refractivity contribution in [3.05, 3.63) is 59.7 Å². The smallest absolute Gasteiger partial charge is 0.407 e. The van der Waals surface area contributed by atoms with Gasteiger partial charge in [-0.2, -0.15) is 0 Å². The van der Waals surface area contributed by atoms with Crippen molar-refractivity contribution in [2.24, 2.45) is 0 Å². The Bertz CT molecular complexity index is 1030. The summed E-state index contributed by atoms with van der Waals surface area (Å²) in [5, 5.41) is 14.2. The minimum absolute atomic E-state index is 0.102. The molecule has 2 amide bonds. The molecule has 0 saturated heterocycles. The molecule has 3 N–H and O–H groups in total. The molecule has 0 heterocycles. The van der Waals surface area contributed by atoms with E-state index in [0.717, 1.165) is 22.3 Å². The number of benzene rings is 2. The Morgan fingerprint density at radius 3 is 2.12 bits per heavy atom. The average molecular weight is 450 g/mol. The van der Waals surface area contributed by atoms with Crippen LogP contribution in [0, 0.1) is 12.3 Å². The fourth-order valence-corrected chi connectivity index (χ4v) is 3.93. The van der Waals surface area contributed by atoms with Crippen LogP contribution in [0.5, 0.6) is 0 Å². The molecule has 0 spiro atoms. The Morgan fingerprint density at radius 1 is 1.03 bits per heavy atom. The molecule has 8 nitrogen and oxygen atoms in total. The first kappa shape index (κ1) is 23.8. The third-order valence-corrected chi connectivity index (χ3v) is 5.44. The molecule has 8 heteroatoms. The maximum absolute atomic E-state index is 12.7. The molecule has 2 aromatic rings. The fraction of sp³-hybridized carbons (Fsp3) is 0.320. The number of ether oxygens (including phenoxy) is 1. The van der Waals surface area contributed by atoms with Crippen LogP contribution in [0.25, 0.3) is 11.1 Å².